The van der Waals surface area contributed by atoms with Crippen LogP contribution in [0.15, 0.2) is 0 Å². The number of hydrogen-bond donors (Lipinski definition) is 1. The molecule has 4 atom stereocenters. The third-order valence-electron chi connectivity index (χ3n) is 5.92. The van der Waals surface area contributed by atoms with E-state index in [1.165, 1.54) is 51.5 Å². The smallest absolute Gasteiger partial charge is 0.108 e. The number of nitriles is 1. The van der Waals surface area contributed by atoms with Crippen LogP contribution in [0, 0.1) is 17.2 Å². The SMILES string of the molecule is N#CC1(NC2CC2)CCCC(N2CC3CCC2C3)C1. The second kappa shape index (κ2) is 4.46. The standard InChI is InChI=1S/C16H25N3/c17-11-16(18-13-4-5-13)7-1-2-15(9-16)19-10-12-3-6-14(19)8-12/h12-15,18H,1-10H2. The van der Waals surface area contributed by atoms with Gasteiger partial charge in [0.15, 0.2) is 0 Å². The molecule has 4 aliphatic rings. The van der Waals surface area contributed by atoms with E-state index in [1.54, 1.807) is 0 Å². The zero-order valence-corrected chi connectivity index (χ0v) is 11.8. The van der Waals surface area contributed by atoms with Crippen LogP contribution in [0.1, 0.15) is 57.8 Å². The highest BCUT2D eigenvalue weighted by molar-refractivity contribution is 5.14. The van der Waals surface area contributed by atoms with Crippen LogP contribution in [-0.4, -0.2) is 35.1 Å². The Bertz CT molecular complexity index is 397. The van der Waals surface area contributed by atoms with Crippen LogP contribution in [-0.2, 0) is 0 Å². The van der Waals surface area contributed by atoms with E-state index < -0.39 is 0 Å². The van der Waals surface area contributed by atoms with Gasteiger partial charge >= 0.3 is 0 Å². The first-order valence-corrected chi connectivity index (χ1v) is 8.23. The first-order chi connectivity index (χ1) is 9.28. The topological polar surface area (TPSA) is 39.1 Å². The number of likely N-dealkylation sites (tertiary alicyclic amines) is 1. The van der Waals surface area contributed by atoms with E-state index in [0.29, 0.717) is 12.1 Å². The molecule has 0 aromatic carbocycles. The van der Waals surface area contributed by atoms with E-state index in [0.717, 1.165) is 24.8 Å². The average molecular weight is 259 g/mol. The van der Waals surface area contributed by atoms with E-state index in [9.17, 15) is 5.26 Å². The predicted octanol–water partition coefficient (Wildman–Crippen LogP) is 2.43. The Hall–Kier alpha value is -0.590. The first kappa shape index (κ1) is 12.2. The summed E-state index contributed by atoms with van der Waals surface area (Å²) >= 11 is 0. The molecule has 1 aliphatic heterocycles. The van der Waals surface area contributed by atoms with Crippen LogP contribution in [0.2, 0.25) is 0 Å². The molecule has 1 saturated heterocycles. The molecule has 1 N–H and O–H groups in total. The molecule has 3 nitrogen and oxygen atoms in total. The van der Waals surface area contributed by atoms with Gasteiger partial charge in [0, 0.05) is 24.7 Å². The maximum atomic E-state index is 9.68. The Morgan fingerprint density at radius 1 is 1.11 bits per heavy atom. The molecule has 4 fully saturated rings. The lowest BCUT2D eigenvalue weighted by Gasteiger charge is -2.43. The summed E-state index contributed by atoms with van der Waals surface area (Å²) in [6, 6.07) is 4.82. The summed E-state index contributed by atoms with van der Waals surface area (Å²) in [6.07, 6.45) is 11.6. The molecule has 3 aliphatic carbocycles. The molecule has 4 unspecified atom stereocenters. The lowest BCUT2D eigenvalue weighted by atomic mass is 9.78. The first-order valence-electron chi connectivity index (χ1n) is 8.23. The van der Waals surface area contributed by atoms with E-state index in [2.05, 4.69) is 16.3 Å². The molecule has 0 aromatic rings. The number of nitrogens with zero attached hydrogens (tertiary/aromatic N) is 2. The Morgan fingerprint density at radius 3 is 2.63 bits per heavy atom. The van der Waals surface area contributed by atoms with Crippen molar-refractivity contribution in [3.8, 4) is 6.07 Å². The lowest BCUT2D eigenvalue weighted by Crippen LogP contribution is -2.54. The molecular weight excluding hydrogens is 234 g/mol. The number of nitrogens with one attached hydrogen (secondary N) is 1. The van der Waals surface area contributed by atoms with Gasteiger partial charge in [-0.3, -0.25) is 10.2 Å². The van der Waals surface area contributed by atoms with E-state index in [-0.39, 0.29) is 5.54 Å². The monoisotopic (exact) mass is 259 g/mol. The van der Waals surface area contributed by atoms with Gasteiger partial charge in [-0.25, -0.2) is 0 Å². The minimum absolute atomic E-state index is 0.202. The molecule has 3 heteroatoms. The zero-order chi connectivity index (χ0) is 12.9. The minimum Gasteiger partial charge on any atom is -0.297 e. The molecule has 0 amide bonds. The highest BCUT2D eigenvalue weighted by Gasteiger charge is 2.46. The Morgan fingerprint density at radius 2 is 2.00 bits per heavy atom. The third kappa shape index (κ3) is 2.19. The largest absolute Gasteiger partial charge is 0.297 e. The normalized spacial score (nSPS) is 46.4. The fraction of sp³-hybridized carbons (Fsp3) is 0.938. The van der Waals surface area contributed by atoms with Gasteiger partial charge in [0.2, 0.25) is 0 Å². The van der Waals surface area contributed by atoms with Gasteiger partial charge in [0.25, 0.3) is 0 Å². The predicted molar refractivity (Wildman–Crippen MR) is 74.6 cm³/mol. The van der Waals surface area contributed by atoms with Crippen molar-refractivity contribution in [1.82, 2.24) is 10.2 Å². The highest BCUT2D eigenvalue weighted by Crippen LogP contribution is 2.43. The molecule has 0 spiro atoms. The molecule has 0 aromatic heterocycles. The summed E-state index contributed by atoms with van der Waals surface area (Å²) in [4.78, 5) is 2.77. The molecule has 2 bridgehead atoms. The van der Waals surface area contributed by atoms with E-state index in [4.69, 9.17) is 0 Å². The number of rotatable bonds is 3. The maximum absolute atomic E-state index is 9.68. The molecule has 19 heavy (non-hydrogen) atoms. The summed E-state index contributed by atoms with van der Waals surface area (Å²) in [5.41, 5.74) is -0.202. The Kier molecular flexibility index (Phi) is 2.86. The average Bonchev–Trinajstić information content (AvgIpc) is 3.00. The van der Waals surface area contributed by atoms with Crippen LogP contribution in [0.4, 0.5) is 0 Å². The third-order valence-corrected chi connectivity index (χ3v) is 5.92. The van der Waals surface area contributed by atoms with Crippen molar-refractivity contribution in [3.05, 3.63) is 0 Å². The maximum Gasteiger partial charge on any atom is 0.108 e. The van der Waals surface area contributed by atoms with Gasteiger partial charge in [-0.05, 0) is 63.7 Å². The van der Waals surface area contributed by atoms with Crippen LogP contribution in [0.25, 0.3) is 0 Å². The van der Waals surface area contributed by atoms with Crippen molar-refractivity contribution in [2.45, 2.75) is 81.5 Å². The molecule has 4 rings (SSSR count). The summed E-state index contributed by atoms with van der Waals surface area (Å²) in [5, 5.41) is 13.3. The molecule has 3 saturated carbocycles. The van der Waals surface area contributed by atoms with Gasteiger partial charge in [-0.15, -0.1) is 0 Å². The quantitative estimate of drug-likeness (QED) is 0.846. The van der Waals surface area contributed by atoms with Crippen LogP contribution < -0.4 is 5.32 Å². The second-order valence-electron chi connectivity index (χ2n) is 7.39. The van der Waals surface area contributed by atoms with Crippen LogP contribution in [0.3, 0.4) is 0 Å². The van der Waals surface area contributed by atoms with Crippen LogP contribution >= 0.6 is 0 Å². The Balaban J connectivity index is 1.46. The van der Waals surface area contributed by atoms with Crippen molar-refractivity contribution >= 4 is 0 Å². The van der Waals surface area contributed by atoms with E-state index in [1.807, 2.05) is 0 Å². The number of hydrogen-bond acceptors (Lipinski definition) is 3. The van der Waals surface area contributed by atoms with Gasteiger partial charge in [-0.1, -0.05) is 0 Å². The summed E-state index contributed by atoms with van der Waals surface area (Å²) in [6.45, 7) is 1.32. The fourth-order valence-electron chi connectivity index (χ4n) is 4.82. The van der Waals surface area contributed by atoms with Crippen molar-refractivity contribution in [2.75, 3.05) is 6.54 Å². The van der Waals surface area contributed by atoms with E-state index >= 15 is 0 Å². The fourth-order valence-corrected chi connectivity index (χ4v) is 4.82. The van der Waals surface area contributed by atoms with Crippen molar-refractivity contribution in [2.24, 2.45) is 5.92 Å². The van der Waals surface area contributed by atoms with Gasteiger partial charge in [0.05, 0.1) is 6.07 Å². The van der Waals surface area contributed by atoms with Gasteiger partial charge in [0.1, 0.15) is 5.54 Å². The molecule has 1 heterocycles. The van der Waals surface area contributed by atoms with Gasteiger partial charge in [-0.2, -0.15) is 5.26 Å². The number of piperidine rings is 1. The van der Waals surface area contributed by atoms with Crippen molar-refractivity contribution < 1.29 is 0 Å². The molecule has 104 valence electrons. The number of fused-ring (bicyclic) bond motifs is 2. The van der Waals surface area contributed by atoms with Crippen molar-refractivity contribution in [3.63, 3.8) is 0 Å². The lowest BCUT2D eigenvalue weighted by molar-refractivity contribution is 0.0902. The van der Waals surface area contributed by atoms with Gasteiger partial charge < -0.3 is 0 Å². The minimum atomic E-state index is -0.202. The Labute approximate surface area is 116 Å². The summed E-state index contributed by atoms with van der Waals surface area (Å²) in [5.74, 6) is 0.972. The molecule has 0 radical (unpaired) electrons. The molecular formula is C16H25N3. The summed E-state index contributed by atoms with van der Waals surface area (Å²) < 4.78 is 0. The van der Waals surface area contributed by atoms with Crippen LogP contribution in [0.5, 0.6) is 0 Å². The second-order valence-corrected chi connectivity index (χ2v) is 7.39. The summed E-state index contributed by atoms with van der Waals surface area (Å²) in [7, 11) is 0. The van der Waals surface area contributed by atoms with Crippen molar-refractivity contribution in [1.29, 1.82) is 5.26 Å². The zero-order valence-electron chi connectivity index (χ0n) is 11.8. The highest BCUT2D eigenvalue weighted by atomic mass is 15.2.